The van der Waals surface area contributed by atoms with Gasteiger partial charge in [-0.3, -0.25) is 0 Å². The van der Waals surface area contributed by atoms with Crippen molar-refractivity contribution in [2.75, 3.05) is 6.54 Å². The van der Waals surface area contributed by atoms with E-state index in [2.05, 4.69) is 5.32 Å². The second kappa shape index (κ2) is 7.71. The standard InChI is InChI=1S/C22H24F3N3O/c23-16-7-5-15(6-8-16)20-19-4-2-1-3-14(19)9-10-28(20)21(29)27-18-11-17(26)12-22(24,25)13-18/h1-8,17-18,20H,9-13,26H2,(H,27,29)/t17-,18+,20+/m1/s1. The predicted molar refractivity (Wildman–Crippen MR) is 104 cm³/mol. The van der Waals surface area contributed by atoms with Crippen LogP contribution in [0.15, 0.2) is 48.5 Å². The summed E-state index contributed by atoms with van der Waals surface area (Å²) in [5.74, 6) is -3.23. The molecular formula is C22H24F3N3O. The summed E-state index contributed by atoms with van der Waals surface area (Å²) in [6.45, 7) is 0.445. The molecule has 0 spiro atoms. The minimum atomic E-state index is -2.87. The fraction of sp³-hybridized carbons (Fsp3) is 0.409. The molecule has 1 saturated carbocycles. The van der Waals surface area contributed by atoms with E-state index in [0.29, 0.717) is 19.4 Å². The number of carbonyl (C=O) groups is 1. The second-order valence-corrected chi connectivity index (χ2v) is 8.00. The first-order valence-corrected chi connectivity index (χ1v) is 9.86. The second-order valence-electron chi connectivity index (χ2n) is 8.00. The molecule has 2 aromatic rings. The molecule has 1 aliphatic heterocycles. The van der Waals surface area contributed by atoms with E-state index in [1.54, 1.807) is 17.0 Å². The molecule has 3 atom stereocenters. The summed E-state index contributed by atoms with van der Waals surface area (Å²) in [5, 5.41) is 2.77. The monoisotopic (exact) mass is 403 g/mol. The zero-order chi connectivity index (χ0) is 20.6. The summed E-state index contributed by atoms with van der Waals surface area (Å²) in [5.41, 5.74) is 8.63. The van der Waals surface area contributed by atoms with Crippen molar-refractivity contribution in [3.05, 3.63) is 71.0 Å². The molecule has 4 rings (SSSR count). The fourth-order valence-electron chi connectivity index (χ4n) is 4.52. The molecular weight excluding hydrogens is 379 g/mol. The van der Waals surface area contributed by atoms with Crippen LogP contribution in [0.5, 0.6) is 0 Å². The highest BCUT2D eigenvalue weighted by Crippen LogP contribution is 2.36. The number of nitrogens with zero attached hydrogens (tertiary/aromatic N) is 1. The molecule has 29 heavy (non-hydrogen) atoms. The van der Waals surface area contributed by atoms with Gasteiger partial charge in [-0.15, -0.1) is 0 Å². The molecule has 1 heterocycles. The van der Waals surface area contributed by atoms with E-state index in [1.165, 1.54) is 12.1 Å². The summed E-state index contributed by atoms with van der Waals surface area (Å²) < 4.78 is 41.2. The molecule has 2 aromatic carbocycles. The van der Waals surface area contributed by atoms with Crippen LogP contribution in [0.3, 0.4) is 0 Å². The van der Waals surface area contributed by atoms with E-state index in [4.69, 9.17) is 5.73 Å². The Morgan fingerprint density at radius 3 is 2.55 bits per heavy atom. The average Bonchev–Trinajstić information content (AvgIpc) is 2.66. The van der Waals surface area contributed by atoms with Crippen LogP contribution >= 0.6 is 0 Å². The number of alkyl halides is 2. The largest absolute Gasteiger partial charge is 0.335 e. The van der Waals surface area contributed by atoms with Crippen molar-refractivity contribution in [3.63, 3.8) is 0 Å². The van der Waals surface area contributed by atoms with Crippen LogP contribution in [0.2, 0.25) is 0 Å². The van der Waals surface area contributed by atoms with Crippen LogP contribution in [-0.2, 0) is 6.42 Å². The third kappa shape index (κ3) is 4.24. The van der Waals surface area contributed by atoms with Crippen molar-refractivity contribution in [3.8, 4) is 0 Å². The third-order valence-electron chi connectivity index (χ3n) is 5.75. The lowest BCUT2D eigenvalue weighted by Crippen LogP contribution is -2.53. The molecule has 0 bridgehead atoms. The van der Waals surface area contributed by atoms with E-state index >= 15 is 0 Å². The van der Waals surface area contributed by atoms with Gasteiger partial charge in [0.25, 0.3) is 5.92 Å². The Hall–Kier alpha value is -2.54. The smallest absolute Gasteiger partial charge is 0.318 e. The number of halogens is 3. The van der Waals surface area contributed by atoms with Gasteiger partial charge in [-0.1, -0.05) is 36.4 Å². The number of fused-ring (bicyclic) bond motifs is 1. The molecule has 0 saturated heterocycles. The molecule has 1 aliphatic carbocycles. The van der Waals surface area contributed by atoms with Crippen LogP contribution in [0.1, 0.15) is 42.0 Å². The Morgan fingerprint density at radius 1 is 1.10 bits per heavy atom. The van der Waals surface area contributed by atoms with Gasteiger partial charge in [0, 0.05) is 31.5 Å². The summed E-state index contributed by atoms with van der Waals surface area (Å²) in [4.78, 5) is 14.7. The number of carbonyl (C=O) groups excluding carboxylic acids is 1. The number of hydrogen-bond donors (Lipinski definition) is 2. The van der Waals surface area contributed by atoms with Crippen molar-refractivity contribution in [2.24, 2.45) is 5.73 Å². The minimum Gasteiger partial charge on any atom is -0.335 e. The van der Waals surface area contributed by atoms with Crippen molar-refractivity contribution < 1.29 is 18.0 Å². The fourth-order valence-corrected chi connectivity index (χ4v) is 4.52. The zero-order valence-electron chi connectivity index (χ0n) is 16.0. The first-order chi connectivity index (χ1) is 13.8. The molecule has 2 aliphatic rings. The highest BCUT2D eigenvalue weighted by molar-refractivity contribution is 5.76. The molecule has 154 valence electrons. The van der Waals surface area contributed by atoms with Crippen molar-refractivity contribution in [1.29, 1.82) is 0 Å². The number of hydrogen-bond acceptors (Lipinski definition) is 2. The first-order valence-electron chi connectivity index (χ1n) is 9.86. The lowest BCUT2D eigenvalue weighted by atomic mass is 9.87. The van der Waals surface area contributed by atoms with E-state index in [-0.39, 0.29) is 12.2 Å². The molecule has 0 unspecified atom stereocenters. The maximum atomic E-state index is 13.9. The van der Waals surface area contributed by atoms with Gasteiger partial charge in [0.2, 0.25) is 0 Å². The van der Waals surface area contributed by atoms with Gasteiger partial charge in [0.1, 0.15) is 5.82 Å². The molecule has 0 aromatic heterocycles. The summed E-state index contributed by atoms with van der Waals surface area (Å²) in [6.07, 6.45) is 0.237. The van der Waals surface area contributed by atoms with E-state index in [1.807, 2.05) is 24.3 Å². The van der Waals surface area contributed by atoms with Crippen LogP contribution in [0, 0.1) is 5.82 Å². The van der Waals surface area contributed by atoms with Crippen molar-refractivity contribution >= 4 is 6.03 Å². The number of nitrogens with two attached hydrogens (primary N) is 1. The number of nitrogens with one attached hydrogen (secondary N) is 1. The van der Waals surface area contributed by atoms with Gasteiger partial charge < -0.3 is 16.0 Å². The minimum absolute atomic E-state index is 0.326. The van der Waals surface area contributed by atoms with Crippen molar-refractivity contribution in [2.45, 2.75) is 49.7 Å². The maximum Gasteiger partial charge on any atom is 0.318 e. The van der Waals surface area contributed by atoms with E-state index in [0.717, 1.165) is 16.7 Å². The number of urea groups is 1. The molecule has 1 fully saturated rings. The summed E-state index contributed by atoms with van der Waals surface area (Å²) in [7, 11) is 0. The Bertz CT molecular complexity index is 887. The van der Waals surface area contributed by atoms with E-state index in [9.17, 15) is 18.0 Å². The molecule has 3 N–H and O–H groups in total. The average molecular weight is 403 g/mol. The van der Waals surface area contributed by atoms with Gasteiger partial charge in [-0.25, -0.2) is 18.0 Å². The van der Waals surface area contributed by atoms with Crippen LogP contribution in [0.25, 0.3) is 0 Å². The quantitative estimate of drug-likeness (QED) is 0.796. The van der Waals surface area contributed by atoms with Crippen LogP contribution in [0.4, 0.5) is 18.0 Å². The topological polar surface area (TPSA) is 58.4 Å². The molecule has 2 amide bonds. The maximum absolute atomic E-state index is 13.9. The van der Waals surface area contributed by atoms with Crippen LogP contribution in [-0.4, -0.2) is 35.5 Å². The number of rotatable bonds is 2. The molecule has 4 nitrogen and oxygen atoms in total. The van der Waals surface area contributed by atoms with Gasteiger partial charge in [0.05, 0.1) is 6.04 Å². The number of amides is 2. The molecule has 7 heteroatoms. The Kier molecular flexibility index (Phi) is 5.25. The molecule has 0 radical (unpaired) electrons. The predicted octanol–water partition coefficient (Wildman–Crippen LogP) is 4.00. The van der Waals surface area contributed by atoms with Crippen molar-refractivity contribution in [1.82, 2.24) is 10.2 Å². The Labute approximate surface area is 167 Å². The lowest BCUT2D eigenvalue weighted by Gasteiger charge is -2.40. The van der Waals surface area contributed by atoms with Gasteiger partial charge in [-0.05, 0) is 41.7 Å². The SMILES string of the molecule is N[C@@H]1C[C@H](NC(=O)N2CCc3ccccc3[C@@H]2c2ccc(F)cc2)CC(F)(F)C1. The third-order valence-corrected chi connectivity index (χ3v) is 5.75. The Balaban J connectivity index is 1.61. The Morgan fingerprint density at radius 2 is 1.83 bits per heavy atom. The van der Waals surface area contributed by atoms with Gasteiger partial charge >= 0.3 is 6.03 Å². The number of benzene rings is 2. The highest BCUT2D eigenvalue weighted by atomic mass is 19.3. The van der Waals surface area contributed by atoms with Crippen LogP contribution < -0.4 is 11.1 Å². The van der Waals surface area contributed by atoms with Gasteiger partial charge in [-0.2, -0.15) is 0 Å². The zero-order valence-corrected chi connectivity index (χ0v) is 16.0. The lowest BCUT2D eigenvalue weighted by molar-refractivity contribution is -0.0490. The van der Waals surface area contributed by atoms with E-state index < -0.39 is 36.5 Å². The van der Waals surface area contributed by atoms with Gasteiger partial charge in [0.15, 0.2) is 0 Å². The normalized spacial score (nSPS) is 25.9. The highest BCUT2D eigenvalue weighted by Gasteiger charge is 2.41. The first kappa shape index (κ1) is 19.8. The summed E-state index contributed by atoms with van der Waals surface area (Å²) in [6, 6.07) is 11.7. The summed E-state index contributed by atoms with van der Waals surface area (Å²) >= 11 is 0.